The summed E-state index contributed by atoms with van der Waals surface area (Å²) in [6, 6.07) is 3.60. The summed E-state index contributed by atoms with van der Waals surface area (Å²) in [5.74, 6) is -1.04. The first-order chi connectivity index (χ1) is 9.29. The van der Waals surface area contributed by atoms with E-state index in [4.69, 9.17) is 34.0 Å². The van der Waals surface area contributed by atoms with Gasteiger partial charge < -0.3 is 21.3 Å². The molecule has 20 heavy (non-hydrogen) atoms. The Labute approximate surface area is 125 Å². The molecule has 0 radical (unpaired) electrons. The summed E-state index contributed by atoms with van der Waals surface area (Å²) in [7, 11) is 0. The van der Waals surface area contributed by atoms with Crippen molar-refractivity contribution in [1.29, 1.82) is 0 Å². The monoisotopic (exact) mass is 318 g/mol. The number of hydrogen-bond acceptors (Lipinski definition) is 4. The average molecular weight is 319 g/mol. The molecule has 5 N–H and O–H groups in total. The third kappa shape index (κ3) is 5.03. The average Bonchev–Trinajstić information content (AvgIpc) is 2.31. The van der Waals surface area contributed by atoms with Crippen LogP contribution in [0.15, 0.2) is 52.0 Å². The van der Waals surface area contributed by atoms with Gasteiger partial charge in [0.25, 0.3) is 0 Å². The van der Waals surface area contributed by atoms with E-state index in [-0.39, 0.29) is 27.5 Å². The molecule has 0 aromatic heterocycles. The van der Waals surface area contributed by atoms with Gasteiger partial charge in [0.2, 0.25) is 0 Å². The third-order valence-electron chi connectivity index (χ3n) is 2.19. The van der Waals surface area contributed by atoms with E-state index in [9.17, 15) is 9.50 Å². The van der Waals surface area contributed by atoms with Crippen molar-refractivity contribution in [1.82, 2.24) is 0 Å². The number of aromatic hydroxyl groups is 1. The number of nitrogens with one attached hydrogen (secondary N) is 1. The van der Waals surface area contributed by atoms with Crippen LogP contribution >= 0.6 is 23.2 Å². The number of benzene rings is 1. The predicted octanol–water partition coefficient (Wildman–Crippen LogP) is 3.89. The summed E-state index contributed by atoms with van der Waals surface area (Å²) in [4.78, 5) is 0. The van der Waals surface area contributed by atoms with E-state index in [0.717, 1.165) is 12.1 Å². The summed E-state index contributed by atoms with van der Waals surface area (Å²) in [6.07, 6.45) is 2.44. The molecule has 0 saturated carbocycles. The molecular formula is C13H13Cl2FN2O2. The van der Waals surface area contributed by atoms with Crippen LogP contribution in [0.5, 0.6) is 5.75 Å². The SMILES string of the molecule is CC(/C=C(O)\C=C(/N)Cl)=C(/Cl)Nc1ccc(O)cc1F. The molecule has 4 nitrogen and oxygen atoms in total. The van der Waals surface area contributed by atoms with Crippen molar-refractivity contribution in [2.45, 2.75) is 6.92 Å². The van der Waals surface area contributed by atoms with Crippen LogP contribution < -0.4 is 11.1 Å². The van der Waals surface area contributed by atoms with E-state index in [1.807, 2.05) is 0 Å². The molecule has 108 valence electrons. The molecule has 0 atom stereocenters. The number of nitrogens with two attached hydrogens (primary N) is 1. The van der Waals surface area contributed by atoms with E-state index in [1.54, 1.807) is 6.92 Å². The Morgan fingerprint density at radius 1 is 1.35 bits per heavy atom. The van der Waals surface area contributed by atoms with Gasteiger partial charge in [-0.25, -0.2) is 4.39 Å². The quantitative estimate of drug-likeness (QED) is 0.294. The van der Waals surface area contributed by atoms with Crippen molar-refractivity contribution in [3.05, 3.63) is 57.8 Å². The van der Waals surface area contributed by atoms with E-state index in [2.05, 4.69) is 5.32 Å². The van der Waals surface area contributed by atoms with Crippen molar-refractivity contribution in [2.24, 2.45) is 5.73 Å². The fourth-order valence-corrected chi connectivity index (χ4v) is 1.56. The minimum absolute atomic E-state index is 0.0831. The first-order valence-corrected chi connectivity index (χ1v) is 6.20. The zero-order chi connectivity index (χ0) is 15.3. The Hall–Kier alpha value is -1.85. The molecule has 0 aliphatic heterocycles. The Kier molecular flexibility index (Phi) is 5.73. The minimum atomic E-state index is -0.658. The van der Waals surface area contributed by atoms with Crippen LogP contribution in [0.25, 0.3) is 0 Å². The minimum Gasteiger partial charge on any atom is -0.508 e. The number of aliphatic hydroxyl groups is 1. The van der Waals surface area contributed by atoms with Crippen LogP contribution in [-0.2, 0) is 0 Å². The van der Waals surface area contributed by atoms with Gasteiger partial charge in [-0.05, 0) is 30.7 Å². The highest BCUT2D eigenvalue weighted by Gasteiger charge is 2.05. The number of anilines is 1. The Balaban J connectivity index is 2.96. The lowest BCUT2D eigenvalue weighted by molar-refractivity contribution is 0.431. The smallest absolute Gasteiger partial charge is 0.150 e. The van der Waals surface area contributed by atoms with Crippen molar-refractivity contribution < 1.29 is 14.6 Å². The lowest BCUT2D eigenvalue weighted by Crippen LogP contribution is -1.98. The number of phenols is 1. The first kappa shape index (κ1) is 16.2. The number of aliphatic hydroxyl groups excluding tert-OH is 1. The lowest BCUT2D eigenvalue weighted by Gasteiger charge is -2.08. The molecular weight excluding hydrogens is 306 g/mol. The standard InChI is InChI=1S/C13H13Cl2FN2O2/c1-7(4-9(20)6-12(14)17)13(15)18-11-3-2-8(19)5-10(11)16/h2-6,18-20H,17H2,1H3/b9-4+,12-6-,13-7+. The highest BCUT2D eigenvalue weighted by Crippen LogP contribution is 2.23. The van der Waals surface area contributed by atoms with Gasteiger partial charge in [-0.1, -0.05) is 23.2 Å². The number of phenolic OH excluding ortho intramolecular Hbond substituents is 1. The van der Waals surface area contributed by atoms with Gasteiger partial charge in [0, 0.05) is 12.1 Å². The van der Waals surface area contributed by atoms with Gasteiger partial charge in [-0.15, -0.1) is 0 Å². The number of hydrogen-bond donors (Lipinski definition) is 4. The zero-order valence-electron chi connectivity index (χ0n) is 10.5. The molecule has 1 rings (SSSR count). The molecule has 1 aromatic carbocycles. The van der Waals surface area contributed by atoms with Gasteiger partial charge >= 0.3 is 0 Å². The maximum absolute atomic E-state index is 13.5. The molecule has 0 heterocycles. The molecule has 1 aromatic rings. The number of halogens is 3. The van der Waals surface area contributed by atoms with E-state index < -0.39 is 5.82 Å². The highest BCUT2D eigenvalue weighted by atomic mass is 35.5. The second kappa shape index (κ2) is 7.07. The summed E-state index contributed by atoms with van der Waals surface area (Å²) < 4.78 is 13.5. The fraction of sp³-hybridized carbons (Fsp3) is 0.0769. The van der Waals surface area contributed by atoms with E-state index in [1.165, 1.54) is 18.2 Å². The predicted molar refractivity (Wildman–Crippen MR) is 79.1 cm³/mol. The molecule has 0 bridgehead atoms. The second-order valence-corrected chi connectivity index (χ2v) is 4.70. The van der Waals surface area contributed by atoms with Crippen LogP contribution in [0.1, 0.15) is 6.92 Å². The fourth-order valence-electron chi connectivity index (χ4n) is 1.29. The molecule has 0 aliphatic rings. The maximum Gasteiger partial charge on any atom is 0.150 e. The molecule has 0 spiro atoms. The largest absolute Gasteiger partial charge is 0.508 e. The maximum atomic E-state index is 13.5. The summed E-state index contributed by atoms with van der Waals surface area (Å²) in [5, 5.41) is 21.2. The summed E-state index contributed by atoms with van der Waals surface area (Å²) in [5.41, 5.74) is 5.72. The Morgan fingerprint density at radius 2 is 2.00 bits per heavy atom. The normalized spacial score (nSPS) is 14.0. The summed E-state index contributed by atoms with van der Waals surface area (Å²) >= 11 is 11.4. The van der Waals surface area contributed by atoms with Crippen LogP contribution in [-0.4, -0.2) is 10.2 Å². The Bertz CT molecular complexity index is 594. The molecule has 0 fully saturated rings. The van der Waals surface area contributed by atoms with Gasteiger partial charge in [0.1, 0.15) is 27.6 Å². The second-order valence-electron chi connectivity index (χ2n) is 3.88. The molecule has 7 heteroatoms. The van der Waals surface area contributed by atoms with Crippen LogP contribution in [0.4, 0.5) is 10.1 Å². The zero-order valence-corrected chi connectivity index (χ0v) is 12.0. The van der Waals surface area contributed by atoms with Crippen molar-refractivity contribution in [3.63, 3.8) is 0 Å². The molecule has 0 unspecified atom stereocenters. The van der Waals surface area contributed by atoms with Crippen molar-refractivity contribution >= 4 is 28.9 Å². The van der Waals surface area contributed by atoms with Crippen LogP contribution in [0, 0.1) is 5.82 Å². The van der Waals surface area contributed by atoms with Crippen LogP contribution in [0.2, 0.25) is 0 Å². The van der Waals surface area contributed by atoms with Gasteiger partial charge in [-0.2, -0.15) is 0 Å². The molecule has 0 amide bonds. The lowest BCUT2D eigenvalue weighted by atomic mass is 10.2. The van der Waals surface area contributed by atoms with Gasteiger partial charge in [-0.3, -0.25) is 0 Å². The summed E-state index contributed by atoms with van der Waals surface area (Å²) in [6.45, 7) is 1.60. The van der Waals surface area contributed by atoms with E-state index in [0.29, 0.717) is 5.57 Å². The van der Waals surface area contributed by atoms with Crippen LogP contribution in [0.3, 0.4) is 0 Å². The number of allylic oxidation sites excluding steroid dienone is 3. The molecule has 0 saturated heterocycles. The third-order valence-corrected chi connectivity index (χ3v) is 2.70. The Morgan fingerprint density at radius 3 is 2.55 bits per heavy atom. The van der Waals surface area contributed by atoms with Crippen molar-refractivity contribution in [2.75, 3.05) is 5.32 Å². The van der Waals surface area contributed by atoms with E-state index >= 15 is 0 Å². The number of rotatable bonds is 4. The highest BCUT2D eigenvalue weighted by molar-refractivity contribution is 6.31. The van der Waals surface area contributed by atoms with Gasteiger partial charge in [0.15, 0.2) is 0 Å². The topological polar surface area (TPSA) is 78.5 Å². The van der Waals surface area contributed by atoms with Gasteiger partial charge in [0.05, 0.1) is 5.69 Å². The van der Waals surface area contributed by atoms with Crippen molar-refractivity contribution in [3.8, 4) is 5.75 Å². The first-order valence-electron chi connectivity index (χ1n) is 5.45. The molecule has 0 aliphatic carbocycles.